The molecule has 1 amide bonds. The van der Waals surface area contributed by atoms with Gasteiger partial charge in [-0.15, -0.1) is 10.2 Å². The number of methoxy groups -OCH3 is 1. The first-order chi connectivity index (χ1) is 24.2. The number of rotatable bonds is 12. The molecule has 4 heterocycles. The first-order valence-electron chi connectivity index (χ1n) is 16.5. The highest BCUT2D eigenvalue weighted by Crippen LogP contribution is 2.42. The molecule has 4 aromatic heterocycles. The summed E-state index contributed by atoms with van der Waals surface area (Å²) in [6.45, 7) is 9.76. The zero-order chi connectivity index (χ0) is 36.7. The molecular weight excluding hydrogens is 685 g/mol. The molecule has 1 N–H and O–H groups in total. The molecular formula is C37H42N6O6SSi. The number of amides is 1. The third-order valence-electron chi connectivity index (χ3n) is 8.79. The number of pyridine rings is 1. The fourth-order valence-corrected chi connectivity index (χ4v) is 7.12. The van der Waals surface area contributed by atoms with E-state index in [4.69, 9.17) is 13.9 Å². The van der Waals surface area contributed by atoms with Crippen LogP contribution in [0.1, 0.15) is 15.9 Å². The monoisotopic (exact) mass is 726 g/mol. The summed E-state index contributed by atoms with van der Waals surface area (Å²) in [5.74, 6) is 0.272. The summed E-state index contributed by atoms with van der Waals surface area (Å²) in [7, 11) is -0.532. The summed E-state index contributed by atoms with van der Waals surface area (Å²) in [5, 5.41) is 13.1. The molecule has 0 aliphatic rings. The van der Waals surface area contributed by atoms with Gasteiger partial charge in [0.25, 0.3) is 5.91 Å². The molecule has 0 aliphatic carbocycles. The van der Waals surface area contributed by atoms with Crippen LogP contribution in [0.2, 0.25) is 25.7 Å². The van der Waals surface area contributed by atoms with Crippen molar-refractivity contribution in [2.45, 2.75) is 39.3 Å². The Morgan fingerprint density at radius 2 is 1.78 bits per heavy atom. The van der Waals surface area contributed by atoms with Gasteiger partial charge < -0.3 is 23.8 Å². The largest absolute Gasteiger partial charge is 0.479 e. The number of sulfonamides is 1. The van der Waals surface area contributed by atoms with Gasteiger partial charge in [-0.1, -0.05) is 49.5 Å². The number of carbonyl (C=O) groups is 1. The van der Waals surface area contributed by atoms with Gasteiger partial charge in [-0.25, -0.2) is 13.4 Å². The van der Waals surface area contributed by atoms with E-state index in [0.29, 0.717) is 57.0 Å². The average molecular weight is 727 g/mol. The highest BCUT2D eigenvalue weighted by molar-refractivity contribution is 7.92. The van der Waals surface area contributed by atoms with E-state index >= 15 is 0 Å². The molecule has 6 aromatic rings. The average Bonchev–Trinajstić information content (AvgIpc) is 3.66. The Balaban J connectivity index is 1.58. The number of nitrogens with zero attached hydrogens (tertiary/aromatic N) is 5. The zero-order valence-electron chi connectivity index (χ0n) is 30.1. The Bertz CT molecular complexity index is 2360. The lowest BCUT2D eigenvalue weighted by molar-refractivity contribution is 0.0908. The van der Waals surface area contributed by atoms with Gasteiger partial charge in [0.05, 0.1) is 41.6 Å². The van der Waals surface area contributed by atoms with E-state index in [-0.39, 0.29) is 18.5 Å². The number of aromatic nitrogens is 4. The Labute approximate surface area is 298 Å². The molecule has 0 saturated heterocycles. The summed E-state index contributed by atoms with van der Waals surface area (Å²) in [6.07, 6.45) is 2.86. The number of fused-ring (bicyclic) bond motifs is 2. The minimum Gasteiger partial charge on any atom is -0.479 e. The maximum absolute atomic E-state index is 13.4. The molecule has 0 fully saturated rings. The van der Waals surface area contributed by atoms with Crippen molar-refractivity contribution in [2.24, 2.45) is 0 Å². The number of hydrogen-bond acceptors (Lipinski definition) is 9. The number of hydrogen-bond donors (Lipinski definition) is 1. The van der Waals surface area contributed by atoms with Crippen LogP contribution in [-0.4, -0.2) is 76.2 Å². The molecule has 14 heteroatoms. The molecule has 0 saturated carbocycles. The third-order valence-corrected chi connectivity index (χ3v) is 11.7. The number of carbonyl (C=O) groups excluding carboxylic acids is 1. The third kappa shape index (κ3) is 7.25. The highest BCUT2D eigenvalue weighted by atomic mass is 32.2. The van der Waals surface area contributed by atoms with Crippen molar-refractivity contribution < 1.29 is 27.1 Å². The maximum atomic E-state index is 13.4. The molecule has 51 heavy (non-hydrogen) atoms. The van der Waals surface area contributed by atoms with Crippen molar-refractivity contribution in [3.05, 3.63) is 78.0 Å². The van der Waals surface area contributed by atoms with Gasteiger partial charge in [0.2, 0.25) is 15.9 Å². The van der Waals surface area contributed by atoms with Gasteiger partial charge in [-0.2, -0.15) is 0 Å². The Kier molecular flexibility index (Phi) is 9.77. The first kappa shape index (κ1) is 35.8. The Morgan fingerprint density at radius 1 is 1.04 bits per heavy atom. The number of benzene rings is 2. The second-order valence-corrected chi connectivity index (χ2v) is 21.4. The van der Waals surface area contributed by atoms with Crippen molar-refractivity contribution in [2.75, 3.05) is 38.4 Å². The molecule has 266 valence electrons. The molecule has 0 radical (unpaired) electrons. The van der Waals surface area contributed by atoms with Crippen LogP contribution in [0, 0.1) is 6.92 Å². The molecule has 6 rings (SSSR count). The lowest BCUT2D eigenvalue weighted by Crippen LogP contribution is -2.25. The van der Waals surface area contributed by atoms with Gasteiger partial charge in [0.1, 0.15) is 23.7 Å². The van der Waals surface area contributed by atoms with Crippen LogP contribution in [-0.2, 0) is 21.5 Å². The van der Waals surface area contributed by atoms with Crippen molar-refractivity contribution >= 4 is 51.7 Å². The quantitative estimate of drug-likeness (QED) is 0.105. The maximum Gasteiger partial charge on any atom is 0.255 e. The smallest absolute Gasteiger partial charge is 0.255 e. The van der Waals surface area contributed by atoms with Crippen molar-refractivity contribution in [3.8, 4) is 39.7 Å². The molecule has 0 spiro atoms. The van der Waals surface area contributed by atoms with E-state index in [0.717, 1.165) is 38.9 Å². The second kappa shape index (κ2) is 13.9. The SMILES string of the molecule is CNC(=O)c1c(-c2ccc(C)cc2)oc2cc(N(C)S(C)(=O)=O)c(-c3cc(-c4cc5cccnc5n4COCC[Si](C)(C)C)c(OC)nn3)cc12. The number of anilines is 1. The van der Waals surface area contributed by atoms with E-state index in [9.17, 15) is 13.2 Å². The van der Waals surface area contributed by atoms with Crippen molar-refractivity contribution in [1.29, 1.82) is 0 Å². The van der Waals surface area contributed by atoms with Crippen molar-refractivity contribution in [1.82, 2.24) is 25.1 Å². The Hall–Kier alpha value is -5.05. The van der Waals surface area contributed by atoms with Crippen LogP contribution < -0.4 is 14.4 Å². The molecule has 0 atom stereocenters. The predicted octanol–water partition coefficient (Wildman–Crippen LogP) is 6.96. The fraction of sp³-hybridized carbons (Fsp3) is 0.297. The Morgan fingerprint density at radius 3 is 2.45 bits per heavy atom. The summed E-state index contributed by atoms with van der Waals surface area (Å²) >= 11 is 0. The van der Waals surface area contributed by atoms with E-state index in [1.807, 2.05) is 54.0 Å². The number of furan rings is 1. The minimum absolute atomic E-state index is 0.251. The van der Waals surface area contributed by atoms with Gasteiger partial charge in [-0.3, -0.25) is 9.10 Å². The van der Waals surface area contributed by atoms with Crippen LogP contribution in [0.4, 0.5) is 5.69 Å². The lowest BCUT2D eigenvalue weighted by atomic mass is 10.00. The zero-order valence-corrected chi connectivity index (χ0v) is 31.9. The predicted molar refractivity (Wildman–Crippen MR) is 203 cm³/mol. The minimum atomic E-state index is -3.75. The molecule has 0 aliphatic heterocycles. The standard InChI is InChI=1S/C37H42N6O6SSi/c1-23-11-13-24(14-12-23)34-33(36(44)38-2)28-19-26(30(21-32(28)49-34)42(3)50(5,45)46)29-20-27(37(47-4)41-40-29)31-18-25-10-9-15-39-35(25)43(31)22-48-16-17-51(6,7)8/h9-15,18-21H,16-17,22H2,1-8H3,(H,38,44). The summed E-state index contributed by atoms with van der Waals surface area (Å²) in [5.41, 5.74) is 5.53. The van der Waals surface area contributed by atoms with Crippen LogP contribution in [0.15, 0.2) is 71.3 Å². The number of aryl methyl sites for hydroxylation is 1. The van der Waals surface area contributed by atoms with Gasteiger partial charge >= 0.3 is 0 Å². The van der Waals surface area contributed by atoms with Gasteiger partial charge in [-0.05, 0) is 43.3 Å². The topological polar surface area (TPSA) is 142 Å². The van der Waals surface area contributed by atoms with Gasteiger partial charge in [0, 0.05) is 62.9 Å². The normalized spacial score (nSPS) is 12.1. The van der Waals surface area contributed by atoms with E-state index in [1.165, 1.54) is 14.2 Å². The van der Waals surface area contributed by atoms with Crippen molar-refractivity contribution in [3.63, 3.8) is 0 Å². The number of nitrogens with one attached hydrogen (secondary N) is 1. The first-order valence-corrected chi connectivity index (χ1v) is 22.0. The van der Waals surface area contributed by atoms with Crippen LogP contribution >= 0.6 is 0 Å². The molecule has 2 aromatic carbocycles. The molecule has 0 bridgehead atoms. The number of ether oxygens (including phenoxy) is 2. The van der Waals surface area contributed by atoms with Crippen LogP contribution in [0.3, 0.4) is 0 Å². The van der Waals surface area contributed by atoms with E-state index in [1.54, 1.807) is 31.4 Å². The van der Waals surface area contributed by atoms with E-state index < -0.39 is 18.1 Å². The lowest BCUT2D eigenvalue weighted by Gasteiger charge is -2.21. The second-order valence-electron chi connectivity index (χ2n) is 13.7. The van der Waals surface area contributed by atoms with Crippen LogP contribution in [0.5, 0.6) is 5.88 Å². The highest BCUT2D eigenvalue weighted by Gasteiger charge is 2.27. The summed E-state index contributed by atoms with van der Waals surface area (Å²) in [4.78, 5) is 18.1. The molecule has 12 nitrogen and oxygen atoms in total. The fourth-order valence-electron chi connectivity index (χ4n) is 5.86. The molecule has 0 unspecified atom stereocenters. The summed E-state index contributed by atoms with van der Waals surface area (Å²) in [6, 6.07) is 19.6. The van der Waals surface area contributed by atoms with E-state index in [2.05, 4.69) is 40.1 Å². The summed E-state index contributed by atoms with van der Waals surface area (Å²) < 4.78 is 47.4. The van der Waals surface area contributed by atoms with Gasteiger partial charge in [0.15, 0.2) is 0 Å². The van der Waals surface area contributed by atoms with Crippen LogP contribution in [0.25, 0.3) is 55.8 Å².